The summed E-state index contributed by atoms with van der Waals surface area (Å²) in [5.41, 5.74) is 4.99. The summed E-state index contributed by atoms with van der Waals surface area (Å²) < 4.78 is 0. The SMILES string of the molecule is CC1CN(CC(=O)N2CCc3ccc(Cc4ccccc4)cc32)CCN1.Cl. The van der Waals surface area contributed by atoms with Crippen molar-refractivity contribution in [2.45, 2.75) is 25.8 Å². The van der Waals surface area contributed by atoms with Crippen molar-refractivity contribution in [1.29, 1.82) is 0 Å². The Morgan fingerprint density at radius 1 is 1.11 bits per heavy atom. The van der Waals surface area contributed by atoms with E-state index in [1.807, 2.05) is 11.0 Å². The molecular weight excluding hydrogens is 358 g/mol. The smallest absolute Gasteiger partial charge is 0.241 e. The van der Waals surface area contributed by atoms with Crippen molar-refractivity contribution >= 4 is 24.0 Å². The van der Waals surface area contributed by atoms with Crippen LogP contribution in [0.3, 0.4) is 0 Å². The molecule has 144 valence electrons. The van der Waals surface area contributed by atoms with Crippen LogP contribution in [-0.2, 0) is 17.6 Å². The van der Waals surface area contributed by atoms with E-state index in [4.69, 9.17) is 0 Å². The maximum absolute atomic E-state index is 12.9. The minimum Gasteiger partial charge on any atom is -0.312 e. The Morgan fingerprint density at radius 2 is 1.93 bits per heavy atom. The highest BCUT2D eigenvalue weighted by molar-refractivity contribution is 5.97. The maximum atomic E-state index is 12.9. The summed E-state index contributed by atoms with van der Waals surface area (Å²) in [4.78, 5) is 17.2. The Labute approximate surface area is 168 Å². The molecule has 0 spiro atoms. The van der Waals surface area contributed by atoms with Gasteiger partial charge in [-0.05, 0) is 42.5 Å². The second-order valence-electron chi connectivity index (χ2n) is 7.51. The molecule has 2 heterocycles. The first-order valence-electron chi connectivity index (χ1n) is 9.61. The van der Waals surface area contributed by atoms with E-state index in [2.05, 4.69) is 59.6 Å². The Balaban J connectivity index is 0.00000210. The zero-order valence-corrected chi connectivity index (χ0v) is 16.7. The van der Waals surface area contributed by atoms with Crippen molar-refractivity contribution in [2.75, 3.05) is 37.6 Å². The second-order valence-corrected chi connectivity index (χ2v) is 7.51. The van der Waals surface area contributed by atoms with Crippen molar-refractivity contribution in [2.24, 2.45) is 0 Å². The van der Waals surface area contributed by atoms with Gasteiger partial charge in [0.15, 0.2) is 0 Å². The first-order chi connectivity index (χ1) is 12.7. The average Bonchev–Trinajstić information content (AvgIpc) is 3.06. The fourth-order valence-electron chi connectivity index (χ4n) is 4.06. The molecule has 1 unspecified atom stereocenters. The zero-order chi connectivity index (χ0) is 17.9. The van der Waals surface area contributed by atoms with Gasteiger partial charge in [-0.15, -0.1) is 12.4 Å². The van der Waals surface area contributed by atoms with Gasteiger partial charge in [0.25, 0.3) is 0 Å². The van der Waals surface area contributed by atoms with Crippen LogP contribution in [0, 0.1) is 0 Å². The summed E-state index contributed by atoms with van der Waals surface area (Å²) in [7, 11) is 0. The quantitative estimate of drug-likeness (QED) is 0.879. The Morgan fingerprint density at radius 3 is 2.70 bits per heavy atom. The first kappa shape index (κ1) is 19.9. The third-order valence-electron chi connectivity index (χ3n) is 5.41. The number of nitrogens with zero attached hydrogens (tertiary/aromatic N) is 2. The van der Waals surface area contributed by atoms with E-state index < -0.39 is 0 Å². The fourth-order valence-corrected chi connectivity index (χ4v) is 4.06. The third kappa shape index (κ3) is 4.70. The van der Waals surface area contributed by atoms with Crippen LogP contribution >= 0.6 is 12.4 Å². The lowest BCUT2D eigenvalue weighted by molar-refractivity contribution is -0.119. The number of nitrogens with one attached hydrogen (secondary N) is 1. The number of hydrogen-bond acceptors (Lipinski definition) is 3. The molecule has 2 aromatic rings. The molecule has 4 rings (SSSR count). The number of amides is 1. The average molecular weight is 386 g/mol. The predicted molar refractivity (Wildman–Crippen MR) is 113 cm³/mol. The summed E-state index contributed by atoms with van der Waals surface area (Å²) in [6.45, 7) is 6.37. The molecule has 1 saturated heterocycles. The van der Waals surface area contributed by atoms with E-state index in [9.17, 15) is 4.79 Å². The molecular formula is C22H28ClN3O. The molecule has 27 heavy (non-hydrogen) atoms. The van der Waals surface area contributed by atoms with Gasteiger partial charge in [-0.1, -0.05) is 42.5 Å². The number of fused-ring (bicyclic) bond motifs is 1. The fraction of sp³-hybridized carbons (Fsp3) is 0.409. The van der Waals surface area contributed by atoms with E-state index in [-0.39, 0.29) is 18.3 Å². The standard InChI is InChI=1S/C22H27N3O.ClH/c1-17-15-24(12-10-23-17)16-22(26)25-11-9-20-8-7-19(14-21(20)25)13-18-5-3-2-4-6-18;/h2-8,14,17,23H,9-13,15-16H2,1H3;1H. The molecule has 1 atom stereocenters. The number of benzene rings is 2. The topological polar surface area (TPSA) is 35.6 Å². The molecule has 0 saturated carbocycles. The van der Waals surface area contributed by atoms with Gasteiger partial charge in [0.05, 0.1) is 6.54 Å². The zero-order valence-electron chi connectivity index (χ0n) is 15.9. The van der Waals surface area contributed by atoms with E-state index in [0.29, 0.717) is 12.6 Å². The van der Waals surface area contributed by atoms with Gasteiger partial charge in [0.1, 0.15) is 0 Å². The summed E-state index contributed by atoms with van der Waals surface area (Å²) >= 11 is 0. The summed E-state index contributed by atoms with van der Waals surface area (Å²) in [6, 6.07) is 17.6. The molecule has 0 aromatic heterocycles. The van der Waals surface area contributed by atoms with Crippen molar-refractivity contribution in [3.05, 3.63) is 65.2 Å². The molecule has 2 aliphatic rings. The molecule has 1 N–H and O–H groups in total. The van der Waals surface area contributed by atoms with Gasteiger partial charge in [-0.25, -0.2) is 0 Å². The molecule has 0 aliphatic carbocycles. The molecule has 2 aliphatic heterocycles. The summed E-state index contributed by atoms with van der Waals surface area (Å²) in [5.74, 6) is 0.231. The Hall–Kier alpha value is -1.88. The summed E-state index contributed by atoms with van der Waals surface area (Å²) in [6.07, 6.45) is 1.87. The van der Waals surface area contributed by atoms with Crippen molar-refractivity contribution in [3.63, 3.8) is 0 Å². The minimum absolute atomic E-state index is 0. The van der Waals surface area contributed by atoms with Crippen LogP contribution in [0.2, 0.25) is 0 Å². The van der Waals surface area contributed by atoms with Gasteiger partial charge in [0, 0.05) is 37.9 Å². The normalized spacial score (nSPS) is 19.4. The largest absolute Gasteiger partial charge is 0.312 e. The monoisotopic (exact) mass is 385 g/mol. The maximum Gasteiger partial charge on any atom is 0.241 e. The molecule has 2 aromatic carbocycles. The third-order valence-corrected chi connectivity index (χ3v) is 5.41. The molecule has 5 heteroatoms. The first-order valence-corrected chi connectivity index (χ1v) is 9.61. The summed E-state index contributed by atoms with van der Waals surface area (Å²) in [5, 5.41) is 3.43. The van der Waals surface area contributed by atoms with Crippen LogP contribution in [0.4, 0.5) is 5.69 Å². The highest BCUT2D eigenvalue weighted by atomic mass is 35.5. The lowest BCUT2D eigenvalue weighted by atomic mass is 10.0. The molecule has 1 amide bonds. The van der Waals surface area contributed by atoms with E-state index >= 15 is 0 Å². The number of hydrogen-bond donors (Lipinski definition) is 1. The Bertz CT molecular complexity index is 780. The van der Waals surface area contributed by atoms with Crippen molar-refractivity contribution in [3.8, 4) is 0 Å². The number of anilines is 1. The van der Waals surface area contributed by atoms with Crippen molar-refractivity contribution in [1.82, 2.24) is 10.2 Å². The predicted octanol–water partition coefficient (Wildman–Crippen LogP) is 2.88. The number of rotatable bonds is 4. The lowest BCUT2D eigenvalue weighted by Crippen LogP contribution is -2.52. The highest BCUT2D eigenvalue weighted by Gasteiger charge is 2.27. The van der Waals surface area contributed by atoms with Gasteiger partial charge in [0.2, 0.25) is 5.91 Å². The highest BCUT2D eigenvalue weighted by Crippen LogP contribution is 2.30. The lowest BCUT2D eigenvalue weighted by Gasteiger charge is -2.32. The van der Waals surface area contributed by atoms with Gasteiger partial charge in [-0.2, -0.15) is 0 Å². The van der Waals surface area contributed by atoms with Crippen LogP contribution in [0.5, 0.6) is 0 Å². The van der Waals surface area contributed by atoms with Gasteiger partial charge in [-0.3, -0.25) is 9.69 Å². The van der Waals surface area contributed by atoms with E-state index in [1.165, 1.54) is 16.7 Å². The van der Waals surface area contributed by atoms with Crippen LogP contribution in [-0.4, -0.2) is 49.6 Å². The molecule has 4 nitrogen and oxygen atoms in total. The second kappa shape index (κ2) is 8.87. The molecule has 1 fully saturated rings. The Kier molecular flexibility index (Phi) is 6.53. The number of halogens is 1. The van der Waals surface area contributed by atoms with Crippen LogP contribution < -0.4 is 10.2 Å². The number of carbonyl (C=O) groups excluding carboxylic acids is 1. The van der Waals surface area contributed by atoms with E-state index in [1.54, 1.807) is 0 Å². The number of piperazine rings is 1. The molecule has 0 radical (unpaired) electrons. The van der Waals surface area contributed by atoms with Crippen LogP contribution in [0.1, 0.15) is 23.6 Å². The molecule has 0 bridgehead atoms. The van der Waals surface area contributed by atoms with Crippen molar-refractivity contribution < 1.29 is 4.79 Å². The van der Waals surface area contributed by atoms with E-state index in [0.717, 1.165) is 44.7 Å². The van der Waals surface area contributed by atoms with Crippen LogP contribution in [0.25, 0.3) is 0 Å². The van der Waals surface area contributed by atoms with Gasteiger partial charge < -0.3 is 10.2 Å². The number of carbonyl (C=O) groups is 1. The van der Waals surface area contributed by atoms with Gasteiger partial charge >= 0.3 is 0 Å². The minimum atomic E-state index is 0. The van der Waals surface area contributed by atoms with Crippen LogP contribution in [0.15, 0.2) is 48.5 Å².